The molecule has 3 aromatic heterocycles. The van der Waals surface area contributed by atoms with Gasteiger partial charge >= 0.3 is 5.69 Å². The molecule has 0 radical (unpaired) electrons. The summed E-state index contributed by atoms with van der Waals surface area (Å²) in [7, 11) is 0. The van der Waals surface area contributed by atoms with E-state index >= 15 is 0 Å². The number of rotatable bonds is 4. The van der Waals surface area contributed by atoms with Gasteiger partial charge in [-0.15, -0.1) is 10.2 Å². The molecule has 1 aliphatic heterocycles. The van der Waals surface area contributed by atoms with E-state index in [1.807, 2.05) is 23.6 Å². The van der Waals surface area contributed by atoms with Crippen molar-refractivity contribution in [2.24, 2.45) is 0 Å². The zero-order chi connectivity index (χ0) is 17.2. The second-order valence-electron chi connectivity index (χ2n) is 6.51. The Balaban J connectivity index is 1.39. The highest BCUT2D eigenvalue weighted by atomic mass is 16.1. The van der Waals surface area contributed by atoms with Crippen LogP contribution in [-0.2, 0) is 6.54 Å². The first-order valence-corrected chi connectivity index (χ1v) is 8.63. The highest BCUT2D eigenvalue weighted by Crippen LogP contribution is 2.26. The van der Waals surface area contributed by atoms with Crippen LogP contribution in [0.4, 0.5) is 0 Å². The summed E-state index contributed by atoms with van der Waals surface area (Å²) < 4.78 is 3.54. The van der Waals surface area contributed by atoms with E-state index in [0.29, 0.717) is 12.5 Å². The van der Waals surface area contributed by atoms with E-state index in [1.165, 1.54) is 6.20 Å². The molecule has 0 N–H and O–H groups in total. The van der Waals surface area contributed by atoms with Crippen molar-refractivity contribution < 1.29 is 0 Å². The molecule has 4 rings (SSSR count). The zero-order valence-corrected chi connectivity index (χ0v) is 14.2. The molecule has 8 heteroatoms. The predicted octanol–water partition coefficient (Wildman–Crippen LogP) is 0.869. The van der Waals surface area contributed by atoms with Crippen molar-refractivity contribution in [2.75, 3.05) is 19.6 Å². The molecule has 0 saturated carbocycles. The Labute approximate surface area is 145 Å². The molecule has 1 aliphatic rings. The topological polar surface area (TPSA) is 81.2 Å². The molecule has 0 bridgehead atoms. The molecular formula is C17H21N7O. The van der Waals surface area contributed by atoms with Gasteiger partial charge in [0.05, 0.1) is 5.69 Å². The van der Waals surface area contributed by atoms with E-state index in [4.69, 9.17) is 0 Å². The molecular weight excluding hydrogens is 318 g/mol. The third kappa shape index (κ3) is 3.30. The fourth-order valence-electron chi connectivity index (χ4n) is 3.37. The van der Waals surface area contributed by atoms with E-state index in [9.17, 15) is 4.79 Å². The van der Waals surface area contributed by atoms with Gasteiger partial charge in [-0.3, -0.25) is 4.57 Å². The lowest BCUT2D eigenvalue weighted by atomic mass is 9.96. The minimum absolute atomic E-state index is 0.186. The Bertz CT molecular complexity index is 924. The number of fused-ring (bicyclic) bond motifs is 1. The van der Waals surface area contributed by atoms with Gasteiger partial charge in [-0.2, -0.15) is 9.61 Å². The van der Waals surface area contributed by atoms with Crippen molar-refractivity contribution in [1.82, 2.24) is 34.3 Å². The summed E-state index contributed by atoms with van der Waals surface area (Å²) >= 11 is 0. The van der Waals surface area contributed by atoms with Gasteiger partial charge in [0.15, 0.2) is 11.5 Å². The van der Waals surface area contributed by atoms with Gasteiger partial charge < -0.3 is 4.90 Å². The maximum Gasteiger partial charge on any atom is 0.347 e. The molecule has 130 valence electrons. The van der Waals surface area contributed by atoms with Crippen LogP contribution in [-0.4, -0.2) is 53.9 Å². The number of hydrogen-bond donors (Lipinski definition) is 0. The van der Waals surface area contributed by atoms with Crippen LogP contribution in [0, 0.1) is 6.92 Å². The van der Waals surface area contributed by atoms with E-state index in [-0.39, 0.29) is 5.69 Å². The minimum Gasteiger partial charge on any atom is -0.302 e. The van der Waals surface area contributed by atoms with Crippen LogP contribution in [0.15, 0.2) is 35.4 Å². The normalized spacial score (nSPS) is 16.5. The number of hydrogen-bond acceptors (Lipinski definition) is 6. The molecule has 0 aromatic carbocycles. The predicted molar refractivity (Wildman–Crippen MR) is 92.4 cm³/mol. The van der Waals surface area contributed by atoms with Gasteiger partial charge in [0.1, 0.15) is 0 Å². The maximum absolute atomic E-state index is 11.7. The second kappa shape index (κ2) is 6.72. The molecule has 4 heterocycles. The van der Waals surface area contributed by atoms with E-state index < -0.39 is 0 Å². The Kier molecular flexibility index (Phi) is 4.27. The van der Waals surface area contributed by atoms with Gasteiger partial charge in [-0.1, -0.05) is 0 Å². The second-order valence-corrected chi connectivity index (χ2v) is 6.51. The zero-order valence-electron chi connectivity index (χ0n) is 14.2. The Morgan fingerprint density at radius 3 is 2.80 bits per heavy atom. The number of piperidine rings is 1. The van der Waals surface area contributed by atoms with E-state index in [0.717, 1.165) is 49.6 Å². The number of likely N-dealkylation sites (tertiary alicyclic amines) is 1. The molecule has 1 saturated heterocycles. The van der Waals surface area contributed by atoms with Crippen molar-refractivity contribution in [1.29, 1.82) is 0 Å². The number of aromatic nitrogens is 6. The SMILES string of the molecule is Cc1ccc2nnc(C3CCN(CCn4cccnc4=O)CC3)n2n1. The highest BCUT2D eigenvalue weighted by Gasteiger charge is 2.25. The van der Waals surface area contributed by atoms with Crippen molar-refractivity contribution in [3.63, 3.8) is 0 Å². The van der Waals surface area contributed by atoms with E-state index in [1.54, 1.807) is 16.8 Å². The standard InChI is InChI=1S/C17H21N7O/c1-13-3-4-15-19-20-16(24(15)21-13)14-5-9-22(10-6-14)11-12-23-8-2-7-18-17(23)25/h2-4,7-8,14H,5-6,9-12H2,1H3. The molecule has 0 aliphatic carbocycles. The molecule has 0 atom stereocenters. The summed E-state index contributed by atoms with van der Waals surface area (Å²) in [6.07, 6.45) is 5.37. The van der Waals surface area contributed by atoms with Gasteiger partial charge in [0.2, 0.25) is 0 Å². The Morgan fingerprint density at radius 2 is 2.00 bits per heavy atom. The largest absolute Gasteiger partial charge is 0.347 e. The van der Waals surface area contributed by atoms with Crippen LogP contribution in [0.1, 0.15) is 30.3 Å². The summed E-state index contributed by atoms with van der Waals surface area (Å²) in [5, 5.41) is 13.1. The lowest BCUT2D eigenvalue weighted by Gasteiger charge is -2.31. The first kappa shape index (κ1) is 15.9. The van der Waals surface area contributed by atoms with Crippen LogP contribution < -0.4 is 5.69 Å². The van der Waals surface area contributed by atoms with Crippen LogP contribution in [0.5, 0.6) is 0 Å². The first-order valence-electron chi connectivity index (χ1n) is 8.63. The Hall–Kier alpha value is -2.61. The van der Waals surface area contributed by atoms with Crippen LogP contribution >= 0.6 is 0 Å². The fraction of sp³-hybridized carbons (Fsp3) is 0.471. The highest BCUT2D eigenvalue weighted by molar-refractivity contribution is 5.36. The number of aryl methyl sites for hydroxylation is 1. The van der Waals surface area contributed by atoms with Crippen molar-refractivity contribution in [3.8, 4) is 0 Å². The molecule has 1 fully saturated rings. The van der Waals surface area contributed by atoms with Crippen molar-refractivity contribution >= 4 is 5.65 Å². The minimum atomic E-state index is -0.186. The van der Waals surface area contributed by atoms with Gasteiger partial charge in [-0.05, 0) is 51.1 Å². The average molecular weight is 339 g/mol. The lowest BCUT2D eigenvalue weighted by molar-refractivity contribution is 0.200. The summed E-state index contributed by atoms with van der Waals surface area (Å²) in [6.45, 7) is 5.48. The third-order valence-corrected chi connectivity index (χ3v) is 4.81. The third-order valence-electron chi connectivity index (χ3n) is 4.81. The van der Waals surface area contributed by atoms with Gasteiger partial charge in [-0.25, -0.2) is 9.78 Å². The van der Waals surface area contributed by atoms with Crippen LogP contribution in [0.2, 0.25) is 0 Å². The molecule has 3 aromatic rings. The average Bonchev–Trinajstić information content (AvgIpc) is 3.04. The molecule has 0 amide bonds. The maximum atomic E-state index is 11.7. The Morgan fingerprint density at radius 1 is 1.16 bits per heavy atom. The van der Waals surface area contributed by atoms with Crippen LogP contribution in [0.25, 0.3) is 5.65 Å². The number of nitrogens with zero attached hydrogens (tertiary/aromatic N) is 7. The molecule has 0 spiro atoms. The summed E-state index contributed by atoms with van der Waals surface area (Å²) in [4.78, 5) is 17.8. The first-order chi connectivity index (χ1) is 12.2. The fourth-order valence-corrected chi connectivity index (χ4v) is 3.37. The monoisotopic (exact) mass is 339 g/mol. The van der Waals surface area contributed by atoms with Crippen molar-refractivity contribution in [2.45, 2.75) is 32.2 Å². The van der Waals surface area contributed by atoms with Crippen molar-refractivity contribution in [3.05, 3.63) is 52.6 Å². The molecule has 8 nitrogen and oxygen atoms in total. The van der Waals surface area contributed by atoms with Gasteiger partial charge in [0.25, 0.3) is 0 Å². The van der Waals surface area contributed by atoms with Crippen LogP contribution in [0.3, 0.4) is 0 Å². The summed E-state index contributed by atoms with van der Waals surface area (Å²) in [5.74, 6) is 1.34. The molecule has 25 heavy (non-hydrogen) atoms. The quantitative estimate of drug-likeness (QED) is 0.701. The summed E-state index contributed by atoms with van der Waals surface area (Å²) in [5.41, 5.74) is 1.58. The lowest BCUT2D eigenvalue weighted by Crippen LogP contribution is -2.37. The molecule has 0 unspecified atom stereocenters. The smallest absolute Gasteiger partial charge is 0.302 e. The van der Waals surface area contributed by atoms with E-state index in [2.05, 4.69) is 25.2 Å². The summed E-state index contributed by atoms with van der Waals surface area (Å²) in [6, 6.07) is 5.70. The van der Waals surface area contributed by atoms with Gasteiger partial charge in [0, 0.05) is 31.4 Å².